The molecule has 24 heavy (non-hydrogen) atoms. The fourth-order valence-electron chi connectivity index (χ4n) is 3.06. The summed E-state index contributed by atoms with van der Waals surface area (Å²) in [5.41, 5.74) is 0.738. The first-order valence-electron chi connectivity index (χ1n) is 8.66. The van der Waals surface area contributed by atoms with Crippen molar-refractivity contribution >= 4 is 5.91 Å². The molecule has 0 aliphatic carbocycles. The first kappa shape index (κ1) is 18.6. The van der Waals surface area contributed by atoms with E-state index in [0.717, 1.165) is 44.6 Å². The third kappa shape index (κ3) is 5.13. The minimum absolute atomic E-state index is 0.111. The van der Waals surface area contributed by atoms with Gasteiger partial charge in [0.2, 0.25) is 5.91 Å². The summed E-state index contributed by atoms with van der Waals surface area (Å²) in [6.07, 6.45) is 2.28. The molecule has 0 aromatic heterocycles. The van der Waals surface area contributed by atoms with Crippen molar-refractivity contribution < 1.29 is 14.6 Å². The normalized spacial score (nSPS) is 19.1. The molecular formula is C19H30N2O3. The highest BCUT2D eigenvalue weighted by Crippen LogP contribution is 2.27. The SMILES string of the molecule is COc1ccc(CN2CCCC(CNC(=O)C(C)(C)C)C2)cc1O. The van der Waals surface area contributed by atoms with E-state index in [2.05, 4.69) is 10.2 Å². The molecule has 1 aromatic rings. The summed E-state index contributed by atoms with van der Waals surface area (Å²) < 4.78 is 5.08. The Bertz CT molecular complexity index is 566. The van der Waals surface area contributed by atoms with Crippen molar-refractivity contribution in [3.8, 4) is 11.5 Å². The van der Waals surface area contributed by atoms with Crippen LogP contribution in [0.1, 0.15) is 39.2 Å². The molecule has 2 rings (SSSR count). The van der Waals surface area contributed by atoms with Crippen molar-refractivity contribution in [1.29, 1.82) is 0 Å². The summed E-state index contributed by atoms with van der Waals surface area (Å²) >= 11 is 0. The molecule has 0 bridgehead atoms. The monoisotopic (exact) mass is 334 g/mol. The molecule has 5 heteroatoms. The van der Waals surface area contributed by atoms with Crippen molar-refractivity contribution in [1.82, 2.24) is 10.2 Å². The minimum atomic E-state index is -0.338. The Morgan fingerprint density at radius 3 is 2.79 bits per heavy atom. The summed E-state index contributed by atoms with van der Waals surface area (Å²) in [7, 11) is 1.55. The van der Waals surface area contributed by atoms with E-state index >= 15 is 0 Å². The van der Waals surface area contributed by atoms with Gasteiger partial charge in [0.15, 0.2) is 11.5 Å². The topological polar surface area (TPSA) is 61.8 Å². The van der Waals surface area contributed by atoms with Gasteiger partial charge >= 0.3 is 0 Å². The van der Waals surface area contributed by atoms with Crippen LogP contribution in [0.3, 0.4) is 0 Å². The lowest BCUT2D eigenvalue weighted by Gasteiger charge is -2.33. The Kier molecular flexibility index (Phi) is 6.10. The van der Waals surface area contributed by atoms with Crippen LogP contribution in [0.25, 0.3) is 0 Å². The summed E-state index contributed by atoms with van der Waals surface area (Å²) in [5.74, 6) is 1.28. The molecule has 1 heterocycles. The number of aromatic hydroxyl groups is 1. The number of hydrogen-bond acceptors (Lipinski definition) is 4. The molecule has 0 radical (unpaired) electrons. The molecule has 1 aliphatic rings. The van der Waals surface area contributed by atoms with Crippen molar-refractivity contribution in [2.75, 3.05) is 26.7 Å². The number of nitrogens with zero attached hydrogens (tertiary/aromatic N) is 1. The molecule has 1 aliphatic heterocycles. The number of hydrogen-bond donors (Lipinski definition) is 2. The van der Waals surface area contributed by atoms with Crippen LogP contribution in [0, 0.1) is 11.3 Å². The van der Waals surface area contributed by atoms with Crippen molar-refractivity contribution in [3.63, 3.8) is 0 Å². The number of piperidine rings is 1. The number of ether oxygens (including phenoxy) is 1. The van der Waals surface area contributed by atoms with Crippen LogP contribution in [0.15, 0.2) is 18.2 Å². The number of phenols is 1. The fourth-order valence-corrected chi connectivity index (χ4v) is 3.06. The summed E-state index contributed by atoms with van der Waals surface area (Å²) in [4.78, 5) is 14.4. The van der Waals surface area contributed by atoms with Gasteiger partial charge in [-0.05, 0) is 43.0 Å². The predicted octanol–water partition coefficient (Wildman–Crippen LogP) is 2.78. The Morgan fingerprint density at radius 1 is 1.42 bits per heavy atom. The van der Waals surface area contributed by atoms with Crippen LogP contribution in [0.5, 0.6) is 11.5 Å². The zero-order chi connectivity index (χ0) is 17.7. The minimum Gasteiger partial charge on any atom is -0.504 e. The highest BCUT2D eigenvalue weighted by Gasteiger charge is 2.24. The third-order valence-electron chi connectivity index (χ3n) is 4.49. The predicted molar refractivity (Wildman–Crippen MR) is 95.1 cm³/mol. The van der Waals surface area contributed by atoms with E-state index in [1.165, 1.54) is 0 Å². The number of methoxy groups -OCH3 is 1. The van der Waals surface area contributed by atoms with Crippen LogP contribution in [-0.4, -0.2) is 42.7 Å². The van der Waals surface area contributed by atoms with E-state index in [0.29, 0.717) is 11.7 Å². The van der Waals surface area contributed by atoms with Gasteiger partial charge in [0.1, 0.15) is 0 Å². The van der Waals surface area contributed by atoms with Crippen LogP contribution < -0.4 is 10.1 Å². The molecule has 0 saturated carbocycles. The highest BCUT2D eigenvalue weighted by atomic mass is 16.5. The molecule has 1 fully saturated rings. The van der Waals surface area contributed by atoms with Crippen molar-refractivity contribution in [2.45, 2.75) is 40.2 Å². The largest absolute Gasteiger partial charge is 0.504 e. The van der Waals surface area contributed by atoms with Crippen molar-refractivity contribution in [3.05, 3.63) is 23.8 Å². The van der Waals surface area contributed by atoms with Gasteiger partial charge in [-0.3, -0.25) is 9.69 Å². The molecule has 1 aromatic carbocycles. The van der Waals surface area contributed by atoms with Gasteiger partial charge in [0.25, 0.3) is 0 Å². The van der Waals surface area contributed by atoms with Crippen LogP contribution in [0.2, 0.25) is 0 Å². The number of likely N-dealkylation sites (tertiary alicyclic amines) is 1. The second-order valence-corrected chi connectivity index (χ2v) is 7.71. The molecule has 2 N–H and O–H groups in total. The van der Waals surface area contributed by atoms with Gasteiger partial charge < -0.3 is 15.2 Å². The van der Waals surface area contributed by atoms with Crippen LogP contribution >= 0.6 is 0 Å². The molecule has 1 unspecified atom stereocenters. The molecule has 1 atom stereocenters. The van der Waals surface area contributed by atoms with Crippen molar-refractivity contribution in [2.24, 2.45) is 11.3 Å². The van der Waals surface area contributed by atoms with Gasteiger partial charge in [0, 0.05) is 25.0 Å². The average Bonchev–Trinajstić information content (AvgIpc) is 2.52. The zero-order valence-corrected chi connectivity index (χ0v) is 15.3. The smallest absolute Gasteiger partial charge is 0.225 e. The number of phenolic OH excluding ortho intramolecular Hbond substituents is 1. The van der Waals surface area contributed by atoms with E-state index in [1.54, 1.807) is 19.2 Å². The number of benzene rings is 1. The maximum Gasteiger partial charge on any atom is 0.225 e. The summed E-state index contributed by atoms with van der Waals surface area (Å²) in [5, 5.41) is 13.0. The molecule has 0 spiro atoms. The second-order valence-electron chi connectivity index (χ2n) is 7.71. The lowest BCUT2D eigenvalue weighted by molar-refractivity contribution is -0.128. The molecule has 1 saturated heterocycles. The lowest BCUT2D eigenvalue weighted by Crippen LogP contribution is -2.43. The van der Waals surface area contributed by atoms with E-state index in [1.807, 2.05) is 26.8 Å². The Balaban J connectivity index is 1.87. The molecule has 5 nitrogen and oxygen atoms in total. The molecule has 134 valence electrons. The standard InChI is InChI=1S/C19H30N2O3/c1-19(2,3)18(23)20-11-15-6-5-9-21(13-15)12-14-7-8-17(24-4)16(22)10-14/h7-8,10,15,22H,5-6,9,11-13H2,1-4H3,(H,20,23). The van der Waals surface area contributed by atoms with Crippen LogP contribution in [0.4, 0.5) is 0 Å². The fraction of sp³-hybridized carbons (Fsp3) is 0.632. The van der Waals surface area contributed by atoms with Gasteiger partial charge in [-0.25, -0.2) is 0 Å². The number of carbonyl (C=O) groups excluding carboxylic acids is 1. The van der Waals surface area contributed by atoms with Gasteiger partial charge in [-0.1, -0.05) is 26.8 Å². The molecule has 1 amide bonds. The number of amides is 1. The third-order valence-corrected chi connectivity index (χ3v) is 4.49. The maximum absolute atomic E-state index is 12.0. The van der Waals surface area contributed by atoms with E-state index in [-0.39, 0.29) is 17.1 Å². The van der Waals surface area contributed by atoms with Crippen LogP contribution in [-0.2, 0) is 11.3 Å². The maximum atomic E-state index is 12.0. The average molecular weight is 334 g/mol. The number of nitrogens with one attached hydrogen (secondary N) is 1. The Morgan fingerprint density at radius 2 is 2.17 bits per heavy atom. The first-order chi connectivity index (χ1) is 11.3. The van der Waals surface area contributed by atoms with Gasteiger partial charge in [-0.2, -0.15) is 0 Å². The zero-order valence-electron chi connectivity index (χ0n) is 15.3. The Hall–Kier alpha value is -1.75. The second kappa shape index (κ2) is 7.88. The molecular weight excluding hydrogens is 304 g/mol. The Labute approximate surface area is 145 Å². The highest BCUT2D eigenvalue weighted by molar-refractivity contribution is 5.81. The summed E-state index contributed by atoms with van der Waals surface area (Å²) in [6, 6.07) is 5.56. The van der Waals surface area contributed by atoms with E-state index in [9.17, 15) is 9.90 Å². The van der Waals surface area contributed by atoms with E-state index < -0.39 is 0 Å². The number of carbonyl (C=O) groups is 1. The summed E-state index contributed by atoms with van der Waals surface area (Å²) in [6.45, 7) is 9.37. The quantitative estimate of drug-likeness (QED) is 0.869. The number of rotatable bonds is 5. The first-order valence-corrected chi connectivity index (χ1v) is 8.66. The van der Waals surface area contributed by atoms with E-state index in [4.69, 9.17) is 4.74 Å². The lowest BCUT2D eigenvalue weighted by atomic mass is 9.94. The van der Waals surface area contributed by atoms with Gasteiger partial charge in [-0.15, -0.1) is 0 Å². The van der Waals surface area contributed by atoms with Gasteiger partial charge in [0.05, 0.1) is 7.11 Å².